The Labute approximate surface area is 219 Å². The molecular weight excluding hydrogens is 474 g/mol. The number of rotatable bonds is 11. The number of methoxy groups -OCH3 is 2. The van der Waals surface area contributed by atoms with E-state index in [-0.39, 0.29) is 12.6 Å². The summed E-state index contributed by atoms with van der Waals surface area (Å²) >= 11 is 0. The Hall–Kier alpha value is -3.26. The van der Waals surface area contributed by atoms with Gasteiger partial charge in [-0.05, 0) is 88.4 Å². The van der Waals surface area contributed by atoms with E-state index in [2.05, 4.69) is 4.90 Å². The number of nitrogens with zero attached hydrogens (tertiary/aromatic N) is 1. The fourth-order valence-corrected chi connectivity index (χ4v) is 4.78. The molecule has 1 aliphatic heterocycles. The minimum atomic E-state index is -0.798. The van der Waals surface area contributed by atoms with Crippen molar-refractivity contribution < 1.29 is 33.6 Å². The lowest BCUT2D eigenvalue weighted by molar-refractivity contribution is -0.157. The Kier molecular flexibility index (Phi) is 9.80. The van der Waals surface area contributed by atoms with Gasteiger partial charge in [0.05, 0.1) is 14.2 Å². The summed E-state index contributed by atoms with van der Waals surface area (Å²) in [6, 6.07) is 12.7. The topological polar surface area (TPSA) is 94.5 Å². The maximum absolute atomic E-state index is 12.1. The van der Waals surface area contributed by atoms with Crippen molar-refractivity contribution >= 4 is 11.9 Å². The number of aryl methyl sites for hydroxylation is 1. The van der Waals surface area contributed by atoms with Crippen LogP contribution in [0.2, 0.25) is 0 Å². The van der Waals surface area contributed by atoms with Crippen molar-refractivity contribution in [3.63, 3.8) is 0 Å². The van der Waals surface area contributed by atoms with Crippen LogP contribution in [-0.4, -0.2) is 61.0 Å². The summed E-state index contributed by atoms with van der Waals surface area (Å²) in [5.41, 5.74) is 1.44. The summed E-state index contributed by atoms with van der Waals surface area (Å²) in [6.07, 6.45) is 3.89. The summed E-state index contributed by atoms with van der Waals surface area (Å²) < 4.78 is 21.9. The molecule has 2 aromatic carbocycles. The molecule has 0 bridgehead atoms. The lowest BCUT2D eigenvalue weighted by atomic mass is 9.92. The van der Waals surface area contributed by atoms with Gasteiger partial charge in [0.1, 0.15) is 17.4 Å². The smallest absolute Gasteiger partial charge is 0.344 e. The lowest BCUT2D eigenvalue weighted by Crippen LogP contribution is -2.46. The molecule has 8 heteroatoms. The fourth-order valence-electron chi connectivity index (χ4n) is 4.78. The number of piperidine rings is 1. The van der Waals surface area contributed by atoms with Gasteiger partial charge < -0.3 is 24.1 Å². The van der Waals surface area contributed by atoms with E-state index in [1.807, 2.05) is 57.2 Å². The second-order valence-electron chi connectivity index (χ2n) is 10.3. The predicted octanol–water partition coefficient (Wildman–Crippen LogP) is 5.04. The van der Waals surface area contributed by atoms with E-state index < -0.39 is 23.6 Å². The first-order chi connectivity index (χ1) is 17.6. The molecule has 0 saturated carbocycles. The quantitative estimate of drug-likeness (QED) is 0.418. The van der Waals surface area contributed by atoms with Crippen molar-refractivity contribution in [1.29, 1.82) is 0 Å². The maximum Gasteiger partial charge on any atom is 0.344 e. The van der Waals surface area contributed by atoms with Gasteiger partial charge in [0.2, 0.25) is 0 Å². The molecule has 0 spiro atoms. The summed E-state index contributed by atoms with van der Waals surface area (Å²) in [5, 5.41) is 9.96. The van der Waals surface area contributed by atoms with E-state index in [1.54, 1.807) is 20.3 Å². The number of hydrogen-bond acceptors (Lipinski definition) is 7. The average molecular weight is 514 g/mol. The first-order valence-electron chi connectivity index (χ1n) is 12.8. The summed E-state index contributed by atoms with van der Waals surface area (Å²) in [5.74, 6) is 0.636. The molecule has 0 aliphatic carbocycles. The van der Waals surface area contributed by atoms with Crippen LogP contribution < -0.4 is 14.2 Å². The van der Waals surface area contributed by atoms with Crippen LogP contribution in [0, 0.1) is 0 Å². The first-order valence-corrected chi connectivity index (χ1v) is 12.8. The minimum absolute atomic E-state index is 0.139. The fraction of sp³-hybridized carbons (Fsp3) is 0.517. The van der Waals surface area contributed by atoms with E-state index in [0.29, 0.717) is 36.6 Å². The molecule has 0 radical (unpaired) electrons. The Morgan fingerprint density at radius 3 is 2.49 bits per heavy atom. The summed E-state index contributed by atoms with van der Waals surface area (Å²) in [6.45, 7) is 5.94. The third kappa shape index (κ3) is 8.12. The SMILES string of the molecule is COc1ccc(CCC(c2cccc(OCC(=O)OC(C)(C)C)c2)N2CCCCC2C(=O)O)cc1OC. The monoisotopic (exact) mass is 513 g/mol. The lowest BCUT2D eigenvalue weighted by Gasteiger charge is -2.39. The summed E-state index contributed by atoms with van der Waals surface area (Å²) in [7, 11) is 3.21. The maximum atomic E-state index is 12.1. The summed E-state index contributed by atoms with van der Waals surface area (Å²) in [4.78, 5) is 26.4. The van der Waals surface area contributed by atoms with Gasteiger partial charge in [-0.25, -0.2) is 4.79 Å². The highest BCUT2D eigenvalue weighted by Crippen LogP contribution is 2.35. The van der Waals surface area contributed by atoms with E-state index in [1.165, 1.54) is 0 Å². The number of carboxylic acid groups (broad SMARTS) is 1. The van der Waals surface area contributed by atoms with Crippen LogP contribution in [0.5, 0.6) is 17.2 Å². The number of carbonyl (C=O) groups excluding carboxylic acids is 1. The molecule has 202 valence electrons. The molecule has 8 nitrogen and oxygen atoms in total. The molecule has 2 aromatic rings. The Bertz CT molecular complexity index is 1060. The van der Waals surface area contributed by atoms with Crippen LogP contribution in [0.25, 0.3) is 0 Å². The van der Waals surface area contributed by atoms with Gasteiger partial charge in [-0.1, -0.05) is 24.6 Å². The van der Waals surface area contributed by atoms with E-state index in [0.717, 1.165) is 30.4 Å². The van der Waals surface area contributed by atoms with Crippen molar-refractivity contribution in [2.24, 2.45) is 0 Å². The molecule has 1 saturated heterocycles. The number of benzene rings is 2. The molecule has 1 heterocycles. The van der Waals surface area contributed by atoms with Gasteiger partial charge >= 0.3 is 11.9 Å². The van der Waals surface area contributed by atoms with Crippen LogP contribution in [0.15, 0.2) is 42.5 Å². The third-order valence-electron chi connectivity index (χ3n) is 6.40. The number of hydrogen-bond donors (Lipinski definition) is 1. The highest BCUT2D eigenvalue weighted by molar-refractivity contribution is 5.73. The zero-order valence-corrected chi connectivity index (χ0v) is 22.5. The van der Waals surface area contributed by atoms with E-state index in [4.69, 9.17) is 18.9 Å². The molecular formula is C29H39NO7. The molecule has 1 aliphatic rings. The van der Waals surface area contributed by atoms with E-state index in [9.17, 15) is 14.7 Å². The van der Waals surface area contributed by atoms with Crippen molar-refractivity contribution in [2.45, 2.75) is 70.6 Å². The molecule has 1 N–H and O–H groups in total. The normalized spacial score (nSPS) is 17.1. The zero-order chi connectivity index (χ0) is 27.0. The van der Waals surface area contributed by atoms with Crippen molar-refractivity contribution in [2.75, 3.05) is 27.4 Å². The Morgan fingerprint density at radius 1 is 1.05 bits per heavy atom. The molecule has 1 fully saturated rings. The number of carbonyl (C=O) groups is 2. The van der Waals surface area contributed by atoms with E-state index >= 15 is 0 Å². The number of ether oxygens (including phenoxy) is 4. The number of carboxylic acids is 1. The van der Waals surface area contributed by atoms with Gasteiger partial charge in [-0.15, -0.1) is 0 Å². The molecule has 2 atom stereocenters. The largest absolute Gasteiger partial charge is 0.493 e. The molecule has 37 heavy (non-hydrogen) atoms. The first kappa shape index (κ1) is 28.3. The van der Waals surface area contributed by atoms with Gasteiger partial charge in [0.25, 0.3) is 0 Å². The highest BCUT2D eigenvalue weighted by Gasteiger charge is 2.34. The van der Waals surface area contributed by atoms with Gasteiger partial charge in [0, 0.05) is 6.04 Å². The van der Waals surface area contributed by atoms with Gasteiger partial charge in [-0.3, -0.25) is 9.69 Å². The molecule has 0 amide bonds. The van der Waals surface area contributed by atoms with Crippen LogP contribution in [0.1, 0.15) is 63.6 Å². The molecule has 3 rings (SSSR count). The standard InChI is InChI=1S/C29H39NO7/c1-29(2,3)37-27(31)19-36-22-10-8-9-21(18-22)23(30-16-7-6-11-24(30)28(32)33)14-12-20-13-15-25(34-4)26(17-20)35-5/h8-10,13,15,17-18,23-24H,6-7,11-12,14,16,19H2,1-5H3,(H,32,33). The van der Waals surface area contributed by atoms with Crippen molar-refractivity contribution in [3.05, 3.63) is 53.6 Å². The average Bonchev–Trinajstić information content (AvgIpc) is 2.87. The third-order valence-corrected chi connectivity index (χ3v) is 6.40. The second kappa shape index (κ2) is 12.8. The second-order valence-corrected chi connectivity index (χ2v) is 10.3. The number of esters is 1. The van der Waals surface area contributed by atoms with Gasteiger partial charge in [0.15, 0.2) is 18.1 Å². The number of aliphatic carboxylic acids is 1. The Balaban J connectivity index is 1.84. The number of likely N-dealkylation sites (tertiary alicyclic amines) is 1. The predicted molar refractivity (Wildman–Crippen MR) is 140 cm³/mol. The van der Waals surface area contributed by atoms with Crippen LogP contribution in [0.3, 0.4) is 0 Å². The molecule has 2 unspecified atom stereocenters. The Morgan fingerprint density at radius 2 is 1.81 bits per heavy atom. The van der Waals surface area contributed by atoms with Crippen molar-refractivity contribution in [3.8, 4) is 17.2 Å². The minimum Gasteiger partial charge on any atom is -0.493 e. The molecule has 0 aromatic heterocycles. The highest BCUT2D eigenvalue weighted by atomic mass is 16.6. The van der Waals surface area contributed by atoms with Crippen LogP contribution >= 0.6 is 0 Å². The zero-order valence-electron chi connectivity index (χ0n) is 22.5. The van der Waals surface area contributed by atoms with Crippen molar-refractivity contribution in [1.82, 2.24) is 4.90 Å². The van der Waals surface area contributed by atoms with Crippen LogP contribution in [-0.2, 0) is 20.7 Å². The van der Waals surface area contributed by atoms with Gasteiger partial charge in [-0.2, -0.15) is 0 Å². The van der Waals surface area contributed by atoms with Crippen LogP contribution in [0.4, 0.5) is 0 Å².